The number of hydrogen-bond donors (Lipinski definition) is 1. The predicted molar refractivity (Wildman–Crippen MR) is 67.0 cm³/mol. The molecular weight excluding hydrogens is 230 g/mol. The standard InChI is InChI=1S/C14H19NO3/c1-8-7-11(14(16)17)9(2)15(8)12-5-6-18-13(12)10-3-4-10/h7,10,12-13H,3-6H2,1-2H3,(H,16,17). The summed E-state index contributed by atoms with van der Waals surface area (Å²) in [6.07, 6.45) is 3.80. The highest BCUT2D eigenvalue weighted by Crippen LogP contribution is 2.44. The molecule has 1 N–H and O–H groups in total. The number of carboxylic acid groups (broad SMARTS) is 1. The van der Waals surface area contributed by atoms with Gasteiger partial charge in [0.1, 0.15) is 0 Å². The monoisotopic (exact) mass is 249 g/mol. The number of ether oxygens (including phenoxy) is 1. The van der Waals surface area contributed by atoms with Gasteiger partial charge in [-0.2, -0.15) is 0 Å². The molecule has 0 bridgehead atoms. The Bertz CT molecular complexity index is 487. The smallest absolute Gasteiger partial charge is 0.337 e. The molecule has 98 valence electrons. The fourth-order valence-electron chi connectivity index (χ4n) is 3.26. The zero-order chi connectivity index (χ0) is 12.9. The van der Waals surface area contributed by atoms with Gasteiger partial charge in [0, 0.05) is 18.0 Å². The zero-order valence-electron chi connectivity index (χ0n) is 10.8. The third-order valence-electron chi connectivity index (χ3n) is 4.24. The molecule has 1 aromatic rings. The number of aromatic nitrogens is 1. The number of nitrogens with zero attached hydrogens (tertiary/aromatic N) is 1. The first-order chi connectivity index (χ1) is 8.59. The summed E-state index contributed by atoms with van der Waals surface area (Å²) in [7, 11) is 0. The van der Waals surface area contributed by atoms with Crippen molar-refractivity contribution in [1.82, 2.24) is 4.57 Å². The first-order valence-corrected chi connectivity index (χ1v) is 6.63. The van der Waals surface area contributed by atoms with Gasteiger partial charge in [-0.1, -0.05) is 0 Å². The molecule has 1 aliphatic heterocycles. The van der Waals surface area contributed by atoms with E-state index in [0.29, 0.717) is 17.5 Å². The van der Waals surface area contributed by atoms with Crippen molar-refractivity contribution >= 4 is 5.97 Å². The van der Waals surface area contributed by atoms with E-state index in [-0.39, 0.29) is 6.10 Å². The van der Waals surface area contributed by atoms with Crippen molar-refractivity contribution in [1.29, 1.82) is 0 Å². The molecule has 1 saturated carbocycles. The number of aryl methyl sites for hydroxylation is 1. The Kier molecular flexibility index (Phi) is 2.70. The van der Waals surface area contributed by atoms with Crippen LogP contribution in [0.5, 0.6) is 0 Å². The Morgan fingerprint density at radius 2 is 2.11 bits per heavy atom. The Balaban J connectivity index is 1.98. The lowest BCUT2D eigenvalue weighted by Crippen LogP contribution is -2.24. The number of rotatable bonds is 3. The molecule has 18 heavy (non-hydrogen) atoms. The zero-order valence-corrected chi connectivity index (χ0v) is 10.8. The average Bonchev–Trinajstić information content (AvgIpc) is 2.97. The van der Waals surface area contributed by atoms with Crippen molar-refractivity contribution in [2.24, 2.45) is 5.92 Å². The molecule has 4 heteroatoms. The Labute approximate surface area is 107 Å². The van der Waals surface area contributed by atoms with Crippen LogP contribution in [-0.4, -0.2) is 28.4 Å². The van der Waals surface area contributed by atoms with Gasteiger partial charge in [-0.15, -0.1) is 0 Å². The minimum atomic E-state index is -0.837. The van der Waals surface area contributed by atoms with E-state index in [9.17, 15) is 9.90 Å². The van der Waals surface area contributed by atoms with Crippen LogP contribution in [0.1, 0.15) is 47.1 Å². The lowest BCUT2D eigenvalue weighted by molar-refractivity contribution is 0.0690. The van der Waals surface area contributed by atoms with E-state index in [2.05, 4.69) is 4.57 Å². The molecule has 2 fully saturated rings. The summed E-state index contributed by atoms with van der Waals surface area (Å²) in [5, 5.41) is 9.19. The lowest BCUT2D eigenvalue weighted by Gasteiger charge is -2.23. The SMILES string of the molecule is Cc1cc(C(=O)O)c(C)n1C1CCOC1C1CC1. The van der Waals surface area contributed by atoms with Crippen molar-refractivity contribution in [2.45, 2.75) is 45.3 Å². The molecule has 2 unspecified atom stereocenters. The second-order valence-electron chi connectivity index (χ2n) is 5.49. The van der Waals surface area contributed by atoms with Gasteiger partial charge in [-0.25, -0.2) is 4.79 Å². The minimum absolute atomic E-state index is 0.288. The molecule has 2 aliphatic rings. The van der Waals surface area contributed by atoms with Crippen molar-refractivity contribution in [3.63, 3.8) is 0 Å². The van der Waals surface area contributed by atoms with Gasteiger partial charge in [0.25, 0.3) is 0 Å². The van der Waals surface area contributed by atoms with Crippen molar-refractivity contribution in [2.75, 3.05) is 6.61 Å². The molecule has 0 radical (unpaired) electrons. The Morgan fingerprint density at radius 3 is 2.67 bits per heavy atom. The van der Waals surface area contributed by atoms with Crippen LogP contribution in [0.25, 0.3) is 0 Å². The maximum absolute atomic E-state index is 11.2. The van der Waals surface area contributed by atoms with Gasteiger partial charge in [-0.05, 0) is 45.1 Å². The van der Waals surface area contributed by atoms with Crippen LogP contribution in [0.2, 0.25) is 0 Å². The second kappa shape index (κ2) is 4.12. The van der Waals surface area contributed by atoms with E-state index in [1.54, 1.807) is 6.07 Å². The van der Waals surface area contributed by atoms with Gasteiger partial charge in [0.05, 0.1) is 17.7 Å². The molecule has 1 aliphatic carbocycles. The summed E-state index contributed by atoms with van der Waals surface area (Å²) in [6.45, 7) is 4.69. The van der Waals surface area contributed by atoms with E-state index in [4.69, 9.17) is 4.74 Å². The highest BCUT2D eigenvalue weighted by atomic mass is 16.5. The van der Waals surface area contributed by atoms with Gasteiger partial charge >= 0.3 is 5.97 Å². The van der Waals surface area contributed by atoms with Gasteiger partial charge in [-0.3, -0.25) is 0 Å². The summed E-state index contributed by atoms with van der Waals surface area (Å²) in [6, 6.07) is 2.10. The van der Waals surface area contributed by atoms with Crippen LogP contribution in [0.3, 0.4) is 0 Å². The summed E-state index contributed by atoms with van der Waals surface area (Å²) >= 11 is 0. The predicted octanol–water partition coefficient (Wildman–Crippen LogP) is 2.54. The van der Waals surface area contributed by atoms with E-state index in [0.717, 1.165) is 24.4 Å². The van der Waals surface area contributed by atoms with Gasteiger partial charge in [0.2, 0.25) is 0 Å². The van der Waals surface area contributed by atoms with Crippen LogP contribution in [0, 0.1) is 19.8 Å². The molecule has 2 heterocycles. The number of carboxylic acids is 1. The second-order valence-corrected chi connectivity index (χ2v) is 5.49. The molecule has 0 aromatic carbocycles. The van der Waals surface area contributed by atoms with E-state index in [1.165, 1.54) is 12.8 Å². The van der Waals surface area contributed by atoms with E-state index >= 15 is 0 Å². The normalized spacial score (nSPS) is 27.7. The summed E-state index contributed by atoms with van der Waals surface area (Å²) in [5.41, 5.74) is 2.32. The first kappa shape index (κ1) is 11.8. The van der Waals surface area contributed by atoms with Gasteiger partial charge in [0.15, 0.2) is 0 Å². The summed E-state index contributed by atoms with van der Waals surface area (Å²) in [5.74, 6) is -0.150. The third-order valence-corrected chi connectivity index (χ3v) is 4.24. The Morgan fingerprint density at radius 1 is 1.39 bits per heavy atom. The third kappa shape index (κ3) is 1.75. The molecule has 2 atom stereocenters. The molecule has 0 spiro atoms. The van der Waals surface area contributed by atoms with Crippen LogP contribution < -0.4 is 0 Å². The largest absolute Gasteiger partial charge is 0.478 e. The number of hydrogen-bond acceptors (Lipinski definition) is 2. The lowest BCUT2D eigenvalue weighted by atomic mass is 10.1. The molecule has 0 amide bonds. The average molecular weight is 249 g/mol. The van der Waals surface area contributed by atoms with E-state index in [1.807, 2.05) is 13.8 Å². The van der Waals surface area contributed by atoms with Crippen LogP contribution in [0.15, 0.2) is 6.07 Å². The van der Waals surface area contributed by atoms with Crippen LogP contribution in [-0.2, 0) is 4.74 Å². The van der Waals surface area contributed by atoms with Crippen molar-refractivity contribution in [3.8, 4) is 0 Å². The van der Waals surface area contributed by atoms with Crippen LogP contribution in [0.4, 0.5) is 0 Å². The van der Waals surface area contributed by atoms with Crippen LogP contribution >= 0.6 is 0 Å². The van der Waals surface area contributed by atoms with Crippen molar-refractivity contribution in [3.05, 3.63) is 23.0 Å². The molecule has 3 rings (SSSR count). The molecular formula is C14H19NO3. The first-order valence-electron chi connectivity index (χ1n) is 6.63. The maximum atomic E-state index is 11.2. The number of aromatic carboxylic acids is 1. The molecule has 1 saturated heterocycles. The van der Waals surface area contributed by atoms with E-state index < -0.39 is 5.97 Å². The maximum Gasteiger partial charge on any atom is 0.337 e. The topological polar surface area (TPSA) is 51.5 Å². The summed E-state index contributed by atoms with van der Waals surface area (Å²) < 4.78 is 8.04. The van der Waals surface area contributed by atoms with Gasteiger partial charge < -0.3 is 14.4 Å². The van der Waals surface area contributed by atoms with Crippen molar-refractivity contribution < 1.29 is 14.6 Å². The number of carbonyl (C=O) groups is 1. The summed E-state index contributed by atoms with van der Waals surface area (Å²) in [4.78, 5) is 11.2. The minimum Gasteiger partial charge on any atom is -0.478 e. The highest BCUT2D eigenvalue weighted by molar-refractivity contribution is 5.89. The fraction of sp³-hybridized carbons (Fsp3) is 0.643. The molecule has 4 nitrogen and oxygen atoms in total. The highest BCUT2D eigenvalue weighted by Gasteiger charge is 2.42. The molecule has 1 aromatic heterocycles. The quantitative estimate of drug-likeness (QED) is 0.895. The Hall–Kier alpha value is -1.29. The fourth-order valence-corrected chi connectivity index (χ4v) is 3.26.